The molecule has 4 aliphatic heterocycles. The van der Waals surface area contributed by atoms with Gasteiger partial charge >= 0.3 is 12.1 Å². The third-order valence-corrected chi connectivity index (χ3v) is 10.9. The van der Waals surface area contributed by atoms with Crippen LogP contribution in [0.3, 0.4) is 0 Å². The number of nitrogens with zero attached hydrogens (tertiary/aromatic N) is 4. The standard InChI is InChI=1S/C32H41Br2N7O4/c33-25-17-21(18-26(34)29(25)35)19-28(30(42)39-9-5-23(6-10-39)38-13-15-45-16-14-38)37-31(43)40-11-7-24(8-12-40)41-20-22-3-1-2-4-27(22)36-32(41)44/h1-4,17-18,23-24,28H,5-16,19-20,35H2,(H,36,44)(H,37,43)/t28-/m1/s1. The summed E-state index contributed by atoms with van der Waals surface area (Å²) in [5, 5.41) is 6.09. The molecule has 4 heterocycles. The number of carbonyl (C=O) groups is 3. The normalized spacial score (nSPS) is 20.8. The van der Waals surface area contributed by atoms with Crippen molar-refractivity contribution in [3.63, 3.8) is 0 Å². The lowest BCUT2D eigenvalue weighted by Gasteiger charge is -2.42. The summed E-state index contributed by atoms with van der Waals surface area (Å²) in [5.41, 5.74) is 9.55. The number of benzene rings is 2. The number of likely N-dealkylation sites (tertiary alicyclic amines) is 2. The smallest absolute Gasteiger partial charge is 0.322 e. The Morgan fingerprint density at radius 1 is 0.933 bits per heavy atom. The summed E-state index contributed by atoms with van der Waals surface area (Å²) in [5.74, 6) is -0.0635. The van der Waals surface area contributed by atoms with Gasteiger partial charge in [-0.1, -0.05) is 18.2 Å². The Bertz CT molecular complexity index is 1380. The second kappa shape index (κ2) is 14.3. The maximum Gasteiger partial charge on any atom is 0.322 e. The molecule has 0 radical (unpaired) electrons. The van der Waals surface area contributed by atoms with E-state index in [1.165, 1.54) is 0 Å². The van der Waals surface area contributed by atoms with E-state index >= 15 is 0 Å². The summed E-state index contributed by atoms with van der Waals surface area (Å²) in [4.78, 5) is 48.5. The lowest BCUT2D eigenvalue weighted by atomic mass is 9.99. The first-order chi connectivity index (χ1) is 21.8. The van der Waals surface area contributed by atoms with Gasteiger partial charge in [0, 0.05) is 79.0 Å². The molecule has 4 aliphatic rings. The second-order valence-electron chi connectivity index (χ2n) is 12.3. The van der Waals surface area contributed by atoms with E-state index in [1.807, 2.05) is 46.2 Å². The third kappa shape index (κ3) is 7.42. The van der Waals surface area contributed by atoms with Gasteiger partial charge in [-0.3, -0.25) is 9.69 Å². The lowest BCUT2D eigenvalue weighted by Crippen LogP contribution is -2.58. The number of nitrogen functional groups attached to an aromatic ring is 1. The highest BCUT2D eigenvalue weighted by Gasteiger charge is 2.35. The number of halogens is 2. The van der Waals surface area contributed by atoms with Crippen LogP contribution < -0.4 is 16.4 Å². The van der Waals surface area contributed by atoms with E-state index in [9.17, 15) is 14.4 Å². The van der Waals surface area contributed by atoms with Gasteiger partial charge in [-0.15, -0.1) is 0 Å². The molecular formula is C32H41Br2N7O4. The topological polar surface area (TPSA) is 123 Å². The number of hydrogen-bond donors (Lipinski definition) is 3. The quantitative estimate of drug-likeness (QED) is 0.380. The Morgan fingerprint density at radius 2 is 1.56 bits per heavy atom. The Kier molecular flexibility index (Phi) is 10.2. The molecule has 5 amide bonds. The Balaban J connectivity index is 1.09. The van der Waals surface area contributed by atoms with E-state index in [2.05, 4.69) is 47.4 Å². The van der Waals surface area contributed by atoms with Crippen LogP contribution in [0.4, 0.5) is 21.0 Å². The van der Waals surface area contributed by atoms with E-state index < -0.39 is 6.04 Å². The first-order valence-corrected chi connectivity index (χ1v) is 17.4. The van der Waals surface area contributed by atoms with Gasteiger partial charge in [0.25, 0.3) is 0 Å². The fraction of sp³-hybridized carbons (Fsp3) is 0.531. The fourth-order valence-electron chi connectivity index (χ4n) is 6.94. The van der Waals surface area contributed by atoms with E-state index in [4.69, 9.17) is 10.5 Å². The average molecular weight is 748 g/mol. The van der Waals surface area contributed by atoms with Crippen molar-refractivity contribution in [2.75, 3.05) is 63.5 Å². The van der Waals surface area contributed by atoms with Crippen LogP contribution in [0, 0.1) is 0 Å². The largest absolute Gasteiger partial charge is 0.397 e. The van der Waals surface area contributed by atoms with Crippen molar-refractivity contribution in [3.8, 4) is 0 Å². The highest BCUT2D eigenvalue weighted by Crippen LogP contribution is 2.31. The minimum Gasteiger partial charge on any atom is -0.397 e. The van der Waals surface area contributed by atoms with Gasteiger partial charge in [-0.25, -0.2) is 9.59 Å². The van der Waals surface area contributed by atoms with Gasteiger partial charge in [0.05, 0.1) is 18.9 Å². The van der Waals surface area contributed by atoms with E-state index in [-0.39, 0.29) is 24.0 Å². The molecule has 0 saturated carbocycles. The van der Waals surface area contributed by atoms with Gasteiger partial charge in [0.2, 0.25) is 5.91 Å². The number of ether oxygens (including phenoxy) is 1. The molecule has 0 aliphatic carbocycles. The zero-order chi connectivity index (χ0) is 31.5. The Hall–Kier alpha value is -2.87. The zero-order valence-corrected chi connectivity index (χ0v) is 28.5. The minimum atomic E-state index is -0.720. The Labute approximate surface area is 281 Å². The lowest BCUT2D eigenvalue weighted by molar-refractivity contribution is -0.135. The zero-order valence-electron chi connectivity index (χ0n) is 25.4. The van der Waals surface area contributed by atoms with Gasteiger partial charge in [0.1, 0.15) is 6.04 Å². The molecule has 0 unspecified atom stereocenters. The van der Waals surface area contributed by atoms with Crippen LogP contribution in [0.1, 0.15) is 36.8 Å². The molecule has 45 heavy (non-hydrogen) atoms. The minimum absolute atomic E-state index is 0.0390. The first kappa shape index (κ1) is 32.1. The molecule has 4 N–H and O–H groups in total. The van der Waals surface area contributed by atoms with Crippen LogP contribution >= 0.6 is 31.9 Å². The number of rotatable bonds is 6. The van der Waals surface area contributed by atoms with E-state index in [1.54, 1.807) is 4.90 Å². The number of fused-ring (bicyclic) bond motifs is 1. The number of piperidine rings is 2. The van der Waals surface area contributed by atoms with Gasteiger partial charge in [0.15, 0.2) is 0 Å². The molecule has 0 spiro atoms. The summed E-state index contributed by atoms with van der Waals surface area (Å²) >= 11 is 7.04. The van der Waals surface area contributed by atoms with Crippen molar-refractivity contribution in [2.24, 2.45) is 0 Å². The van der Waals surface area contributed by atoms with Crippen LogP contribution in [0.15, 0.2) is 45.3 Å². The van der Waals surface area contributed by atoms with Crippen molar-refractivity contribution in [3.05, 3.63) is 56.5 Å². The number of amides is 5. The monoisotopic (exact) mass is 745 g/mol. The first-order valence-electron chi connectivity index (χ1n) is 15.8. The van der Waals surface area contributed by atoms with Crippen LogP contribution in [-0.2, 0) is 22.5 Å². The van der Waals surface area contributed by atoms with Crippen LogP contribution in [-0.4, -0.2) is 108 Å². The molecule has 2 aromatic rings. The summed E-state index contributed by atoms with van der Waals surface area (Å²) in [6, 6.07) is 11.1. The molecule has 2 aromatic carbocycles. The number of nitrogens with two attached hydrogens (primary N) is 1. The number of anilines is 2. The summed E-state index contributed by atoms with van der Waals surface area (Å²) in [6.07, 6.45) is 3.51. The summed E-state index contributed by atoms with van der Waals surface area (Å²) < 4.78 is 6.99. The number of morpholine rings is 1. The molecule has 0 aromatic heterocycles. The number of para-hydroxylation sites is 1. The maximum absolute atomic E-state index is 14.0. The highest BCUT2D eigenvalue weighted by atomic mass is 79.9. The predicted molar refractivity (Wildman–Crippen MR) is 180 cm³/mol. The number of carbonyl (C=O) groups excluding carboxylic acids is 3. The molecule has 13 heteroatoms. The molecule has 0 bridgehead atoms. The van der Waals surface area contributed by atoms with Crippen molar-refractivity contribution in [1.29, 1.82) is 0 Å². The Morgan fingerprint density at radius 3 is 2.24 bits per heavy atom. The van der Waals surface area contributed by atoms with E-state index in [0.717, 1.165) is 64.9 Å². The number of urea groups is 2. The van der Waals surface area contributed by atoms with Crippen LogP contribution in [0.25, 0.3) is 0 Å². The van der Waals surface area contributed by atoms with Crippen molar-refractivity contribution in [2.45, 2.75) is 56.8 Å². The number of hydrogen-bond acceptors (Lipinski definition) is 6. The molecule has 6 rings (SSSR count). The molecule has 3 fully saturated rings. The average Bonchev–Trinajstić information content (AvgIpc) is 3.06. The molecule has 242 valence electrons. The second-order valence-corrected chi connectivity index (χ2v) is 14.0. The van der Waals surface area contributed by atoms with Gasteiger partial charge in [-0.05, 0) is 86.9 Å². The van der Waals surface area contributed by atoms with Crippen molar-refractivity contribution >= 4 is 61.2 Å². The predicted octanol–water partition coefficient (Wildman–Crippen LogP) is 4.25. The summed E-state index contributed by atoms with van der Waals surface area (Å²) in [7, 11) is 0. The third-order valence-electron chi connectivity index (χ3n) is 9.57. The van der Waals surface area contributed by atoms with Crippen molar-refractivity contribution < 1.29 is 19.1 Å². The van der Waals surface area contributed by atoms with E-state index in [0.29, 0.717) is 63.7 Å². The molecule has 11 nitrogen and oxygen atoms in total. The highest BCUT2D eigenvalue weighted by molar-refractivity contribution is 9.11. The summed E-state index contributed by atoms with van der Waals surface area (Å²) in [6.45, 7) is 6.29. The molecular weight excluding hydrogens is 706 g/mol. The van der Waals surface area contributed by atoms with Crippen LogP contribution in [0.5, 0.6) is 0 Å². The maximum atomic E-state index is 14.0. The molecule has 1 atom stereocenters. The number of nitrogens with one attached hydrogen (secondary N) is 2. The fourth-order valence-corrected chi connectivity index (χ4v) is 8.22. The van der Waals surface area contributed by atoms with Crippen molar-refractivity contribution in [1.82, 2.24) is 24.9 Å². The SMILES string of the molecule is Nc1c(Br)cc(C[C@@H](NC(=O)N2CCC(N3Cc4ccccc4NC3=O)CC2)C(=O)N2CCC(N3CCOCC3)CC2)cc1Br. The van der Waals surface area contributed by atoms with Gasteiger partial charge < -0.3 is 35.8 Å². The molecule has 3 saturated heterocycles. The van der Waals surface area contributed by atoms with Crippen LogP contribution in [0.2, 0.25) is 0 Å². The van der Waals surface area contributed by atoms with Gasteiger partial charge in [-0.2, -0.15) is 0 Å².